The van der Waals surface area contributed by atoms with Crippen LogP contribution in [0.2, 0.25) is 0 Å². The van der Waals surface area contributed by atoms with Gasteiger partial charge in [0.2, 0.25) is 5.89 Å². The van der Waals surface area contributed by atoms with Gasteiger partial charge in [-0.15, -0.1) is 0 Å². The highest BCUT2D eigenvalue weighted by atomic mass is 16.3. The molecule has 286 valence electrons. The Labute approximate surface area is 352 Å². The van der Waals surface area contributed by atoms with Crippen LogP contribution in [0, 0.1) is 0 Å². The van der Waals surface area contributed by atoms with Crippen molar-refractivity contribution in [1.82, 2.24) is 9.55 Å². The Morgan fingerprint density at radius 1 is 0.393 bits per heavy atom. The van der Waals surface area contributed by atoms with E-state index in [9.17, 15) is 0 Å². The van der Waals surface area contributed by atoms with Crippen LogP contribution in [0.25, 0.3) is 93.8 Å². The van der Waals surface area contributed by atoms with Crippen molar-refractivity contribution in [2.75, 3.05) is 4.90 Å². The summed E-state index contributed by atoms with van der Waals surface area (Å²) < 4.78 is 9.06. The fourth-order valence-corrected chi connectivity index (χ4v) is 9.16. The van der Waals surface area contributed by atoms with E-state index in [1.807, 2.05) is 30.3 Å². The van der Waals surface area contributed by atoms with Crippen LogP contribution in [0.1, 0.15) is 0 Å². The molecule has 61 heavy (non-hydrogen) atoms. The van der Waals surface area contributed by atoms with E-state index < -0.39 is 0 Å². The highest BCUT2D eigenvalue weighted by Gasteiger charge is 2.20. The van der Waals surface area contributed by atoms with E-state index in [4.69, 9.17) is 9.40 Å². The molecule has 12 aromatic rings. The van der Waals surface area contributed by atoms with Gasteiger partial charge in [-0.1, -0.05) is 146 Å². The molecule has 0 atom stereocenters. The van der Waals surface area contributed by atoms with Crippen LogP contribution in [-0.4, -0.2) is 9.55 Å². The summed E-state index contributed by atoms with van der Waals surface area (Å²) in [5.74, 6) is 0.620. The van der Waals surface area contributed by atoms with Gasteiger partial charge in [-0.25, -0.2) is 4.98 Å². The lowest BCUT2D eigenvalue weighted by molar-refractivity contribution is 0.623. The first-order chi connectivity index (χ1) is 30.2. The number of rotatable bonds is 7. The molecule has 0 saturated heterocycles. The number of para-hydroxylation sites is 2. The van der Waals surface area contributed by atoms with Crippen molar-refractivity contribution in [2.24, 2.45) is 0 Å². The number of fused-ring (bicyclic) bond motifs is 8. The second-order valence-corrected chi connectivity index (χ2v) is 15.6. The summed E-state index contributed by atoms with van der Waals surface area (Å²) in [6.45, 7) is 0. The van der Waals surface area contributed by atoms with Crippen molar-refractivity contribution in [2.45, 2.75) is 0 Å². The Morgan fingerprint density at radius 2 is 1.02 bits per heavy atom. The average molecular weight is 780 g/mol. The predicted octanol–water partition coefficient (Wildman–Crippen LogP) is 15.7. The Hall–Kier alpha value is -8.21. The summed E-state index contributed by atoms with van der Waals surface area (Å²) >= 11 is 0. The smallest absolute Gasteiger partial charge is 0.227 e. The number of nitrogens with zero attached hydrogens (tertiary/aromatic N) is 3. The molecule has 10 aromatic carbocycles. The minimum absolute atomic E-state index is 0.620. The molecule has 0 fully saturated rings. The van der Waals surface area contributed by atoms with Gasteiger partial charge in [-0.3, -0.25) is 0 Å². The van der Waals surface area contributed by atoms with Gasteiger partial charge in [-0.05, 0) is 117 Å². The van der Waals surface area contributed by atoms with Gasteiger partial charge in [0.25, 0.3) is 0 Å². The van der Waals surface area contributed by atoms with E-state index in [1.54, 1.807) is 0 Å². The van der Waals surface area contributed by atoms with Crippen molar-refractivity contribution in [3.8, 4) is 39.4 Å². The summed E-state index contributed by atoms with van der Waals surface area (Å²) in [4.78, 5) is 7.34. The van der Waals surface area contributed by atoms with E-state index in [0.29, 0.717) is 5.89 Å². The van der Waals surface area contributed by atoms with Crippen molar-refractivity contribution in [1.29, 1.82) is 0 Å². The van der Waals surface area contributed by atoms with E-state index in [1.165, 1.54) is 32.6 Å². The molecule has 0 bridgehead atoms. The molecule has 0 radical (unpaired) electrons. The minimum Gasteiger partial charge on any atom is -0.435 e. The number of anilines is 3. The number of oxazole rings is 1. The third-order valence-corrected chi connectivity index (χ3v) is 12.0. The van der Waals surface area contributed by atoms with Gasteiger partial charge >= 0.3 is 0 Å². The molecule has 12 rings (SSSR count). The zero-order valence-corrected chi connectivity index (χ0v) is 33.1. The fraction of sp³-hybridized carbons (Fsp3) is 0. The zero-order valence-electron chi connectivity index (χ0n) is 33.1. The molecule has 4 nitrogen and oxygen atoms in total. The van der Waals surface area contributed by atoms with Crippen LogP contribution >= 0.6 is 0 Å². The lowest BCUT2D eigenvalue weighted by atomic mass is 9.92. The van der Waals surface area contributed by atoms with Crippen LogP contribution in [0.5, 0.6) is 0 Å². The fourth-order valence-electron chi connectivity index (χ4n) is 9.16. The van der Waals surface area contributed by atoms with Crippen molar-refractivity contribution in [3.05, 3.63) is 224 Å². The third-order valence-electron chi connectivity index (χ3n) is 12.0. The summed E-state index contributed by atoms with van der Waals surface area (Å²) in [6.07, 6.45) is 0. The Kier molecular flexibility index (Phi) is 8.13. The highest BCUT2D eigenvalue weighted by molar-refractivity contribution is 6.21. The second-order valence-electron chi connectivity index (χ2n) is 15.6. The normalized spacial score (nSPS) is 11.6. The monoisotopic (exact) mass is 779 g/mol. The van der Waals surface area contributed by atoms with Gasteiger partial charge in [0.15, 0.2) is 5.58 Å². The molecule has 0 aliphatic heterocycles. The topological polar surface area (TPSA) is 34.2 Å². The molecule has 0 aliphatic carbocycles. The standard InChI is InChI=1S/C57H37N3O/c1-4-15-38(16-5-1)41-20-14-23-45(35-41)59(46-31-32-49-48-25-12-13-26-53(48)60(54(49)37-46)43-21-8-3-9-22-43)44-29-27-39(28-30-44)51-36-42-19-10-11-24-47(42)50-33-34-52-56(55(50)51)61-57(58-52)40-17-6-2-7-18-40/h1-37H. The molecule has 0 unspecified atom stereocenters. The molecule has 0 saturated carbocycles. The van der Waals surface area contributed by atoms with Crippen LogP contribution in [-0.2, 0) is 0 Å². The molecule has 0 amide bonds. The lowest BCUT2D eigenvalue weighted by Crippen LogP contribution is -2.10. The van der Waals surface area contributed by atoms with Crippen molar-refractivity contribution < 1.29 is 4.42 Å². The second kappa shape index (κ2) is 14.3. The Morgan fingerprint density at radius 3 is 1.82 bits per heavy atom. The average Bonchev–Trinajstić information content (AvgIpc) is 3.92. The first kappa shape index (κ1) is 34.8. The summed E-state index contributed by atoms with van der Waals surface area (Å²) in [7, 11) is 0. The van der Waals surface area contributed by atoms with Crippen LogP contribution in [0.4, 0.5) is 17.1 Å². The van der Waals surface area contributed by atoms with Crippen molar-refractivity contribution in [3.63, 3.8) is 0 Å². The van der Waals surface area contributed by atoms with E-state index in [0.717, 1.165) is 72.4 Å². The van der Waals surface area contributed by atoms with Gasteiger partial charge in [0, 0.05) is 44.5 Å². The van der Waals surface area contributed by atoms with Gasteiger partial charge in [0.1, 0.15) is 5.52 Å². The van der Waals surface area contributed by atoms with Gasteiger partial charge < -0.3 is 13.9 Å². The molecule has 0 N–H and O–H groups in total. The molecule has 2 aromatic heterocycles. The third kappa shape index (κ3) is 5.88. The number of aromatic nitrogens is 2. The Bertz CT molecular complexity index is 3570. The van der Waals surface area contributed by atoms with Crippen LogP contribution in [0.3, 0.4) is 0 Å². The van der Waals surface area contributed by atoms with Crippen LogP contribution in [0.15, 0.2) is 229 Å². The number of hydrogen-bond donors (Lipinski definition) is 0. The Balaban J connectivity index is 1.05. The highest BCUT2D eigenvalue weighted by Crippen LogP contribution is 2.44. The number of benzene rings is 10. The molecule has 4 heteroatoms. The minimum atomic E-state index is 0.620. The first-order valence-corrected chi connectivity index (χ1v) is 20.7. The maximum absolute atomic E-state index is 6.68. The van der Waals surface area contributed by atoms with Gasteiger partial charge in [0.05, 0.1) is 11.0 Å². The van der Waals surface area contributed by atoms with E-state index in [-0.39, 0.29) is 0 Å². The maximum atomic E-state index is 6.68. The summed E-state index contributed by atoms with van der Waals surface area (Å²) in [5, 5.41) is 7.01. The first-order valence-electron chi connectivity index (χ1n) is 20.7. The molecule has 2 heterocycles. The zero-order chi connectivity index (χ0) is 40.3. The van der Waals surface area contributed by atoms with E-state index >= 15 is 0 Å². The molecule has 0 aliphatic rings. The lowest BCUT2D eigenvalue weighted by Gasteiger charge is -2.26. The van der Waals surface area contributed by atoms with Crippen LogP contribution < -0.4 is 4.90 Å². The quantitative estimate of drug-likeness (QED) is 0.151. The van der Waals surface area contributed by atoms with Crippen molar-refractivity contribution >= 4 is 71.5 Å². The molecular formula is C57H37N3O. The summed E-state index contributed by atoms with van der Waals surface area (Å²) in [5.41, 5.74) is 13.8. The maximum Gasteiger partial charge on any atom is 0.227 e. The van der Waals surface area contributed by atoms with Gasteiger partial charge in [-0.2, -0.15) is 0 Å². The summed E-state index contributed by atoms with van der Waals surface area (Å²) in [6, 6.07) is 80.0. The molecule has 0 spiro atoms. The predicted molar refractivity (Wildman–Crippen MR) is 254 cm³/mol. The SMILES string of the molecule is c1ccc(-c2cccc(N(c3ccc(-c4cc5ccccc5c5ccc6nc(-c7ccccc7)oc6c45)cc3)c3ccc4c5ccccc5n(-c5ccccc5)c4c3)c2)cc1. The largest absolute Gasteiger partial charge is 0.435 e. The number of hydrogen-bond acceptors (Lipinski definition) is 3. The molecular weight excluding hydrogens is 743 g/mol. The van der Waals surface area contributed by atoms with E-state index in [2.05, 4.69) is 204 Å².